The molecule has 13 heteroatoms. The number of ether oxygens (including phenoxy) is 2. The second-order valence-corrected chi connectivity index (χ2v) is 13.4. The number of nitrogens with zero attached hydrogens (tertiary/aromatic N) is 6. The number of H-pyrrole nitrogens is 1. The molecule has 258 valence electrons. The molecule has 2 N–H and O–H groups in total. The Morgan fingerprint density at radius 2 is 1.50 bits per heavy atom. The zero-order valence-electron chi connectivity index (χ0n) is 28.0. The summed E-state index contributed by atoms with van der Waals surface area (Å²) in [6.07, 6.45) is 10.2. The van der Waals surface area contributed by atoms with Gasteiger partial charge in [-0.15, -0.1) is 0 Å². The number of aromatic nitrogens is 6. The number of hydrogen-bond donors (Lipinski definition) is 2. The molecule has 7 rings (SSSR count). The van der Waals surface area contributed by atoms with E-state index < -0.39 is 0 Å². The fourth-order valence-electron chi connectivity index (χ4n) is 6.88. The molecule has 5 aromatic rings. The van der Waals surface area contributed by atoms with Gasteiger partial charge >= 0.3 is 0 Å². The van der Waals surface area contributed by atoms with Gasteiger partial charge in [-0.05, 0) is 44.7 Å². The van der Waals surface area contributed by atoms with Crippen molar-refractivity contribution in [2.75, 3.05) is 27.3 Å². The second kappa shape index (κ2) is 15.1. The molecule has 0 saturated carbocycles. The van der Waals surface area contributed by atoms with Crippen LogP contribution in [-0.4, -0.2) is 74.3 Å². The predicted octanol–water partition coefficient (Wildman–Crippen LogP) is 6.91. The van der Waals surface area contributed by atoms with Gasteiger partial charge < -0.3 is 14.8 Å². The Kier molecular flexibility index (Phi) is 10.3. The quantitative estimate of drug-likeness (QED) is 0.142. The molecule has 1 unspecified atom stereocenters. The van der Waals surface area contributed by atoms with Gasteiger partial charge in [0.2, 0.25) is 17.7 Å². The lowest BCUT2D eigenvalue weighted by atomic mass is 9.98. The van der Waals surface area contributed by atoms with Crippen LogP contribution < -0.4 is 14.8 Å². The van der Waals surface area contributed by atoms with Crippen LogP contribution in [0, 0.1) is 0 Å². The van der Waals surface area contributed by atoms with Crippen LogP contribution in [0.15, 0.2) is 61.1 Å². The summed E-state index contributed by atoms with van der Waals surface area (Å²) in [5.74, 6) is 1.47. The van der Waals surface area contributed by atoms with Crippen molar-refractivity contribution in [1.29, 1.82) is 0 Å². The lowest BCUT2D eigenvalue weighted by molar-refractivity contribution is -0.119. The molecule has 5 heterocycles. The highest BCUT2D eigenvalue weighted by Gasteiger charge is 2.27. The molecule has 2 atom stereocenters. The van der Waals surface area contributed by atoms with Crippen molar-refractivity contribution in [3.05, 3.63) is 88.2 Å². The molecule has 2 fully saturated rings. The van der Waals surface area contributed by atoms with Crippen LogP contribution in [0.4, 0.5) is 0 Å². The van der Waals surface area contributed by atoms with E-state index in [0.29, 0.717) is 69.6 Å². The van der Waals surface area contributed by atoms with Crippen LogP contribution in [-0.2, 0) is 17.8 Å². The molecule has 3 aromatic heterocycles. The number of amides is 1. The van der Waals surface area contributed by atoms with Crippen molar-refractivity contribution in [2.24, 2.45) is 0 Å². The van der Waals surface area contributed by atoms with Gasteiger partial charge in [0.1, 0.15) is 11.4 Å². The SMILES string of the molecule is COc1nc(-c2cccc(-c3cccc(-c4cnc(CN5CCC(c6ccn[nH]6)C5)c(OC)n4)c3Cl)c2Cl)cnc1CCC[C@@H]1CCC(=O)N1. The maximum atomic E-state index is 11.5. The zero-order valence-corrected chi connectivity index (χ0v) is 29.5. The molecule has 50 heavy (non-hydrogen) atoms. The fourth-order valence-corrected chi connectivity index (χ4v) is 7.53. The van der Waals surface area contributed by atoms with Crippen LogP contribution in [0.5, 0.6) is 11.8 Å². The summed E-state index contributed by atoms with van der Waals surface area (Å²) in [7, 11) is 3.20. The standard InChI is InChI=1S/C37H38Cl2N8O3/c1-49-36-29(11-3-6-23-12-13-33(48)43-23)40-18-30(44-36)26-9-4-7-24(34(26)38)25-8-5-10-27(35(25)39)31-19-41-32(37(45-31)50-2)21-47-17-15-22(20-47)28-14-16-42-46-28/h4-5,7-10,14,16,18-19,22-23H,3,6,11-13,15,17,20-21H2,1-2H3,(H,42,46)(H,43,48)/t22?,23-/m1/s1. The van der Waals surface area contributed by atoms with Crippen molar-refractivity contribution in [1.82, 2.24) is 40.3 Å². The van der Waals surface area contributed by atoms with E-state index in [1.54, 1.807) is 32.8 Å². The van der Waals surface area contributed by atoms with E-state index in [4.69, 9.17) is 52.6 Å². The first-order valence-electron chi connectivity index (χ1n) is 16.8. The summed E-state index contributed by atoms with van der Waals surface area (Å²) >= 11 is 14.2. The van der Waals surface area contributed by atoms with Crippen LogP contribution in [0.3, 0.4) is 0 Å². The second-order valence-electron chi connectivity index (χ2n) is 12.7. The van der Waals surface area contributed by atoms with E-state index in [1.165, 1.54) is 0 Å². The number of methoxy groups -OCH3 is 2. The number of likely N-dealkylation sites (tertiary alicyclic amines) is 1. The largest absolute Gasteiger partial charge is 0.480 e. The number of rotatable bonds is 12. The molecule has 1 amide bonds. The summed E-state index contributed by atoms with van der Waals surface area (Å²) in [6, 6.07) is 13.8. The van der Waals surface area contributed by atoms with E-state index >= 15 is 0 Å². The maximum Gasteiger partial charge on any atom is 0.237 e. The third-order valence-corrected chi connectivity index (χ3v) is 10.3. The Balaban J connectivity index is 1.10. The van der Waals surface area contributed by atoms with Gasteiger partial charge in [-0.1, -0.05) is 59.6 Å². The van der Waals surface area contributed by atoms with E-state index in [2.05, 4.69) is 20.4 Å². The summed E-state index contributed by atoms with van der Waals surface area (Å²) in [5.41, 5.74) is 6.81. The highest BCUT2D eigenvalue weighted by atomic mass is 35.5. The third kappa shape index (κ3) is 7.17. The first-order chi connectivity index (χ1) is 24.4. The van der Waals surface area contributed by atoms with Crippen LogP contribution in [0.1, 0.15) is 55.1 Å². The van der Waals surface area contributed by atoms with E-state index in [0.717, 1.165) is 67.0 Å². The highest BCUT2D eigenvalue weighted by Crippen LogP contribution is 2.42. The number of carbonyl (C=O) groups excluding carboxylic acids is 1. The summed E-state index contributed by atoms with van der Waals surface area (Å²) in [4.78, 5) is 33.0. The van der Waals surface area contributed by atoms with Crippen LogP contribution in [0.2, 0.25) is 10.0 Å². The third-order valence-electron chi connectivity index (χ3n) is 9.51. The predicted molar refractivity (Wildman–Crippen MR) is 192 cm³/mol. The first kappa shape index (κ1) is 33.9. The van der Waals surface area contributed by atoms with E-state index in [9.17, 15) is 4.79 Å². The lowest BCUT2D eigenvalue weighted by Gasteiger charge is -2.17. The van der Waals surface area contributed by atoms with Crippen LogP contribution >= 0.6 is 23.2 Å². The number of carbonyl (C=O) groups is 1. The zero-order chi connectivity index (χ0) is 34.6. The summed E-state index contributed by atoms with van der Waals surface area (Å²) in [6.45, 7) is 2.49. The molecule has 2 aromatic carbocycles. The number of aryl methyl sites for hydroxylation is 1. The Morgan fingerprint density at radius 1 is 0.860 bits per heavy atom. The molecule has 2 aliphatic heterocycles. The van der Waals surface area contributed by atoms with Gasteiger partial charge in [-0.3, -0.25) is 24.8 Å². The maximum absolute atomic E-state index is 11.5. The molecule has 0 aliphatic carbocycles. The fraction of sp³-hybridized carbons (Fsp3) is 0.351. The van der Waals surface area contributed by atoms with Gasteiger partial charge in [0, 0.05) is 65.6 Å². The first-order valence-corrected chi connectivity index (χ1v) is 17.6. The normalized spacial score (nSPS) is 17.6. The minimum Gasteiger partial charge on any atom is -0.480 e. The molecular weight excluding hydrogens is 675 g/mol. The number of benzene rings is 2. The summed E-state index contributed by atoms with van der Waals surface area (Å²) in [5, 5.41) is 11.2. The number of halogens is 2. The number of aromatic amines is 1. The average Bonchev–Trinajstić information content (AvgIpc) is 3.92. The molecule has 11 nitrogen and oxygen atoms in total. The van der Waals surface area contributed by atoms with Crippen molar-refractivity contribution in [2.45, 2.75) is 57.0 Å². The van der Waals surface area contributed by atoms with E-state index in [1.807, 2.05) is 42.5 Å². The summed E-state index contributed by atoms with van der Waals surface area (Å²) < 4.78 is 11.3. The average molecular weight is 714 g/mol. The van der Waals surface area contributed by atoms with E-state index in [-0.39, 0.29) is 11.9 Å². The number of nitrogens with one attached hydrogen (secondary N) is 2. The van der Waals surface area contributed by atoms with Crippen molar-refractivity contribution >= 4 is 29.1 Å². The van der Waals surface area contributed by atoms with Gasteiger partial charge in [0.25, 0.3) is 0 Å². The molecule has 0 bridgehead atoms. The smallest absolute Gasteiger partial charge is 0.237 e. The van der Waals surface area contributed by atoms with Crippen LogP contribution in [0.25, 0.3) is 33.6 Å². The molecule has 0 spiro atoms. The van der Waals surface area contributed by atoms with Crippen molar-refractivity contribution < 1.29 is 14.3 Å². The minimum atomic E-state index is 0.126. The highest BCUT2D eigenvalue weighted by molar-refractivity contribution is 6.39. The number of hydrogen-bond acceptors (Lipinski definition) is 9. The monoisotopic (exact) mass is 712 g/mol. The van der Waals surface area contributed by atoms with Gasteiger partial charge in [-0.25, -0.2) is 9.97 Å². The van der Waals surface area contributed by atoms with Crippen molar-refractivity contribution in [3.8, 4) is 45.4 Å². The molecular formula is C37H38Cl2N8O3. The van der Waals surface area contributed by atoms with Gasteiger partial charge in [0.05, 0.1) is 48.0 Å². The molecule has 2 saturated heterocycles. The topological polar surface area (TPSA) is 131 Å². The lowest BCUT2D eigenvalue weighted by Crippen LogP contribution is -2.25. The Hall–Kier alpha value is -4.58. The molecule has 0 radical (unpaired) electrons. The molecule has 2 aliphatic rings. The van der Waals surface area contributed by atoms with Crippen molar-refractivity contribution in [3.63, 3.8) is 0 Å². The van der Waals surface area contributed by atoms with Gasteiger partial charge in [0.15, 0.2) is 0 Å². The van der Waals surface area contributed by atoms with Gasteiger partial charge in [-0.2, -0.15) is 5.10 Å². The Morgan fingerprint density at radius 3 is 2.10 bits per heavy atom. The Bertz CT molecular complexity index is 1990. The Labute approximate surface area is 300 Å². The minimum absolute atomic E-state index is 0.126.